The van der Waals surface area contributed by atoms with Crippen molar-refractivity contribution in [2.75, 3.05) is 44.7 Å². The lowest BCUT2D eigenvalue weighted by Crippen LogP contribution is -2.54. The Kier molecular flexibility index (Phi) is 5.31. The Labute approximate surface area is 155 Å². The smallest absolute Gasteiger partial charge is 0.241 e. The highest BCUT2D eigenvalue weighted by atomic mass is 16.6. The Morgan fingerprint density at radius 3 is 2.50 bits per heavy atom. The molecular weight excluding hydrogens is 330 g/mol. The van der Waals surface area contributed by atoms with E-state index < -0.39 is 0 Å². The normalized spacial score (nSPS) is 23.0. The van der Waals surface area contributed by atoms with E-state index in [-0.39, 0.29) is 11.9 Å². The van der Waals surface area contributed by atoms with Crippen LogP contribution in [0.5, 0.6) is 11.5 Å². The summed E-state index contributed by atoms with van der Waals surface area (Å²) in [5, 5.41) is 3.03. The van der Waals surface area contributed by atoms with Crippen LogP contribution in [0.2, 0.25) is 0 Å². The maximum absolute atomic E-state index is 12.7. The van der Waals surface area contributed by atoms with E-state index in [1.807, 2.05) is 25.1 Å². The Morgan fingerprint density at radius 2 is 1.77 bits per heavy atom. The lowest BCUT2D eigenvalue weighted by molar-refractivity contribution is -0.121. The number of piperazine rings is 1. The predicted molar refractivity (Wildman–Crippen MR) is 101 cm³/mol. The molecule has 1 saturated carbocycles. The summed E-state index contributed by atoms with van der Waals surface area (Å²) in [5.41, 5.74) is 0.760. The molecule has 1 aromatic rings. The van der Waals surface area contributed by atoms with Crippen LogP contribution in [0.4, 0.5) is 5.69 Å². The van der Waals surface area contributed by atoms with Gasteiger partial charge < -0.3 is 14.8 Å². The first kappa shape index (κ1) is 17.6. The number of hydrogen-bond acceptors (Lipinski definition) is 5. The van der Waals surface area contributed by atoms with Gasteiger partial charge in [0.1, 0.15) is 13.2 Å². The van der Waals surface area contributed by atoms with Crippen LogP contribution in [0.1, 0.15) is 32.6 Å². The zero-order chi connectivity index (χ0) is 17.9. The van der Waals surface area contributed by atoms with E-state index in [4.69, 9.17) is 9.47 Å². The highest BCUT2D eigenvalue weighted by molar-refractivity contribution is 5.94. The molecule has 6 nitrogen and oxygen atoms in total. The summed E-state index contributed by atoms with van der Waals surface area (Å²) in [6.45, 7) is 7.20. The SMILES string of the molecule is CC(C(=O)Nc1ccc2c(c1)OCCO2)N1CCN(C2CCCC2)CC1. The number of benzene rings is 1. The molecular formula is C20H29N3O3. The highest BCUT2D eigenvalue weighted by Gasteiger charge is 2.30. The second-order valence-electron chi connectivity index (χ2n) is 7.53. The number of nitrogens with one attached hydrogen (secondary N) is 1. The van der Waals surface area contributed by atoms with Gasteiger partial charge in [-0.2, -0.15) is 0 Å². The van der Waals surface area contributed by atoms with Crippen LogP contribution in [0.15, 0.2) is 18.2 Å². The number of ether oxygens (including phenoxy) is 2. The number of hydrogen-bond donors (Lipinski definition) is 1. The molecule has 6 heteroatoms. The van der Waals surface area contributed by atoms with Gasteiger partial charge in [-0.15, -0.1) is 0 Å². The summed E-state index contributed by atoms with van der Waals surface area (Å²) in [6, 6.07) is 6.22. The Bertz CT molecular complexity index is 637. The molecule has 0 radical (unpaired) electrons. The van der Waals surface area contributed by atoms with Crippen LogP contribution < -0.4 is 14.8 Å². The summed E-state index contributed by atoms with van der Waals surface area (Å²) in [4.78, 5) is 17.6. The Balaban J connectivity index is 1.30. The van der Waals surface area contributed by atoms with E-state index in [2.05, 4.69) is 15.1 Å². The molecule has 2 aliphatic heterocycles. The molecule has 4 rings (SSSR count). The summed E-state index contributed by atoms with van der Waals surface area (Å²) in [7, 11) is 0. The minimum Gasteiger partial charge on any atom is -0.486 e. The molecule has 142 valence electrons. The predicted octanol–water partition coefficient (Wildman–Crippen LogP) is 2.34. The number of rotatable bonds is 4. The highest BCUT2D eigenvalue weighted by Crippen LogP contribution is 2.32. The first-order valence-corrected chi connectivity index (χ1v) is 9.89. The molecule has 1 atom stereocenters. The summed E-state index contributed by atoms with van der Waals surface area (Å²) in [6.07, 6.45) is 5.44. The number of carbonyl (C=O) groups is 1. The zero-order valence-corrected chi connectivity index (χ0v) is 15.6. The topological polar surface area (TPSA) is 54.0 Å². The van der Waals surface area contributed by atoms with Gasteiger partial charge in [0.25, 0.3) is 0 Å². The van der Waals surface area contributed by atoms with Crippen molar-refractivity contribution < 1.29 is 14.3 Å². The first-order chi connectivity index (χ1) is 12.7. The fourth-order valence-corrected chi connectivity index (χ4v) is 4.29. The third-order valence-electron chi connectivity index (χ3n) is 5.93. The molecule has 0 aromatic heterocycles. The van der Waals surface area contributed by atoms with Gasteiger partial charge in [0.2, 0.25) is 5.91 Å². The molecule has 1 N–H and O–H groups in total. The van der Waals surface area contributed by atoms with Crippen molar-refractivity contribution >= 4 is 11.6 Å². The monoisotopic (exact) mass is 359 g/mol. The van der Waals surface area contributed by atoms with E-state index in [9.17, 15) is 4.79 Å². The van der Waals surface area contributed by atoms with Gasteiger partial charge >= 0.3 is 0 Å². The van der Waals surface area contributed by atoms with Crippen molar-refractivity contribution in [3.05, 3.63) is 18.2 Å². The van der Waals surface area contributed by atoms with Crippen molar-refractivity contribution in [3.63, 3.8) is 0 Å². The third kappa shape index (κ3) is 3.81. The molecule has 0 spiro atoms. The average Bonchev–Trinajstić information content (AvgIpc) is 3.22. The number of amides is 1. The van der Waals surface area contributed by atoms with Crippen LogP contribution in [0.3, 0.4) is 0 Å². The maximum atomic E-state index is 12.7. The average molecular weight is 359 g/mol. The van der Waals surface area contributed by atoms with Crippen LogP contribution >= 0.6 is 0 Å². The lowest BCUT2D eigenvalue weighted by Gasteiger charge is -2.40. The van der Waals surface area contributed by atoms with E-state index in [1.165, 1.54) is 25.7 Å². The van der Waals surface area contributed by atoms with Gasteiger partial charge in [-0.05, 0) is 31.9 Å². The fraction of sp³-hybridized carbons (Fsp3) is 0.650. The second-order valence-corrected chi connectivity index (χ2v) is 7.53. The molecule has 0 bridgehead atoms. The van der Waals surface area contributed by atoms with Gasteiger partial charge in [0, 0.05) is 44.0 Å². The molecule has 1 amide bonds. The van der Waals surface area contributed by atoms with Gasteiger partial charge in [0.15, 0.2) is 11.5 Å². The molecule has 1 unspecified atom stereocenters. The van der Waals surface area contributed by atoms with Crippen molar-refractivity contribution in [3.8, 4) is 11.5 Å². The Morgan fingerprint density at radius 1 is 1.08 bits per heavy atom. The maximum Gasteiger partial charge on any atom is 0.241 e. The molecule has 1 aliphatic carbocycles. The molecule has 2 heterocycles. The number of fused-ring (bicyclic) bond motifs is 1. The summed E-state index contributed by atoms with van der Waals surface area (Å²) < 4.78 is 11.1. The quantitative estimate of drug-likeness (QED) is 0.894. The zero-order valence-electron chi connectivity index (χ0n) is 15.6. The third-order valence-corrected chi connectivity index (χ3v) is 5.93. The van der Waals surface area contributed by atoms with Crippen LogP contribution in [0.25, 0.3) is 0 Å². The number of anilines is 1. The van der Waals surface area contributed by atoms with Crippen molar-refractivity contribution in [1.82, 2.24) is 9.80 Å². The number of nitrogens with zero attached hydrogens (tertiary/aromatic N) is 2. The molecule has 1 aromatic carbocycles. The van der Waals surface area contributed by atoms with Gasteiger partial charge in [-0.3, -0.25) is 14.6 Å². The molecule has 3 aliphatic rings. The largest absolute Gasteiger partial charge is 0.486 e. The second kappa shape index (κ2) is 7.84. The minimum atomic E-state index is -0.131. The standard InChI is InChI=1S/C20H29N3O3/c1-15(22-8-10-23(11-9-22)17-4-2-3-5-17)20(24)21-16-6-7-18-19(14-16)26-13-12-25-18/h6-7,14-15,17H,2-5,8-13H2,1H3,(H,21,24). The summed E-state index contributed by atoms with van der Waals surface area (Å²) >= 11 is 0. The van der Waals surface area contributed by atoms with Crippen molar-refractivity contribution in [1.29, 1.82) is 0 Å². The minimum absolute atomic E-state index is 0.0380. The molecule has 1 saturated heterocycles. The van der Waals surface area contributed by atoms with Crippen LogP contribution in [0, 0.1) is 0 Å². The van der Waals surface area contributed by atoms with Crippen LogP contribution in [-0.2, 0) is 4.79 Å². The first-order valence-electron chi connectivity index (χ1n) is 9.89. The van der Waals surface area contributed by atoms with E-state index in [0.29, 0.717) is 19.0 Å². The van der Waals surface area contributed by atoms with Crippen molar-refractivity contribution in [2.24, 2.45) is 0 Å². The number of carbonyl (C=O) groups excluding carboxylic acids is 1. The van der Waals surface area contributed by atoms with Gasteiger partial charge in [-0.25, -0.2) is 0 Å². The summed E-state index contributed by atoms with van der Waals surface area (Å²) in [5.74, 6) is 1.48. The van der Waals surface area contributed by atoms with Crippen LogP contribution in [-0.4, -0.2) is 67.2 Å². The van der Waals surface area contributed by atoms with Gasteiger partial charge in [0.05, 0.1) is 6.04 Å². The van der Waals surface area contributed by atoms with E-state index in [0.717, 1.165) is 43.7 Å². The molecule has 26 heavy (non-hydrogen) atoms. The van der Waals surface area contributed by atoms with Crippen molar-refractivity contribution in [2.45, 2.75) is 44.7 Å². The van der Waals surface area contributed by atoms with Gasteiger partial charge in [-0.1, -0.05) is 12.8 Å². The fourth-order valence-electron chi connectivity index (χ4n) is 4.29. The molecule has 2 fully saturated rings. The lowest BCUT2D eigenvalue weighted by atomic mass is 10.1. The van der Waals surface area contributed by atoms with E-state index >= 15 is 0 Å². The Hall–Kier alpha value is -1.79. The van der Waals surface area contributed by atoms with E-state index in [1.54, 1.807) is 0 Å².